The second-order valence-electron chi connectivity index (χ2n) is 5.70. The van der Waals surface area contributed by atoms with Crippen molar-refractivity contribution in [2.45, 2.75) is 38.5 Å². The second kappa shape index (κ2) is 7.83. The van der Waals surface area contributed by atoms with E-state index in [1.54, 1.807) is 0 Å². The number of rotatable bonds is 7. The van der Waals surface area contributed by atoms with Crippen LogP contribution in [0.25, 0.3) is 0 Å². The van der Waals surface area contributed by atoms with Gasteiger partial charge in [0.25, 0.3) is 0 Å². The molecule has 0 saturated heterocycles. The van der Waals surface area contributed by atoms with Crippen LogP contribution in [-0.4, -0.2) is 56.4 Å². The van der Waals surface area contributed by atoms with E-state index >= 15 is 0 Å². The summed E-state index contributed by atoms with van der Waals surface area (Å²) in [5.74, 6) is 0.831. The monoisotopic (exact) mass is 240 g/mol. The molecule has 0 aromatic heterocycles. The summed E-state index contributed by atoms with van der Waals surface area (Å²) in [6, 6.07) is 0. The van der Waals surface area contributed by atoms with Crippen molar-refractivity contribution in [1.29, 1.82) is 0 Å². The summed E-state index contributed by atoms with van der Waals surface area (Å²) in [7, 11) is 6.25. The molecular weight excluding hydrogens is 212 g/mol. The van der Waals surface area contributed by atoms with Crippen LogP contribution in [-0.2, 0) is 4.79 Å². The lowest BCUT2D eigenvalue weighted by Gasteiger charge is -2.23. The Hall–Kier alpha value is -0.410. The minimum Gasteiger partial charge on any atom is -0.309 e. The predicted octanol–water partition coefficient (Wildman–Crippen LogP) is 2.02. The van der Waals surface area contributed by atoms with Crippen molar-refractivity contribution >= 4 is 5.78 Å². The number of nitrogens with zero attached hydrogens (tertiary/aromatic N) is 2. The summed E-state index contributed by atoms with van der Waals surface area (Å²) in [6.07, 6.45) is 7.22. The molecule has 3 nitrogen and oxygen atoms in total. The first-order valence-corrected chi connectivity index (χ1v) is 6.95. The zero-order chi connectivity index (χ0) is 12.7. The van der Waals surface area contributed by atoms with Crippen molar-refractivity contribution in [2.75, 3.05) is 40.8 Å². The van der Waals surface area contributed by atoms with Gasteiger partial charge in [0.2, 0.25) is 0 Å². The second-order valence-corrected chi connectivity index (χ2v) is 5.70. The number of hydrogen-bond donors (Lipinski definition) is 0. The molecule has 0 aromatic carbocycles. The van der Waals surface area contributed by atoms with Gasteiger partial charge in [-0.3, -0.25) is 9.69 Å². The molecule has 0 bridgehead atoms. The van der Waals surface area contributed by atoms with Crippen LogP contribution in [0.4, 0.5) is 0 Å². The van der Waals surface area contributed by atoms with E-state index in [9.17, 15) is 4.79 Å². The molecule has 1 aliphatic rings. The smallest absolute Gasteiger partial charge is 0.149 e. The lowest BCUT2D eigenvalue weighted by atomic mass is 9.86. The first kappa shape index (κ1) is 14.7. The third-order valence-electron chi connectivity index (χ3n) is 3.63. The summed E-state index contributed by atoms with van der Waals surface area (Å²) < 4.78 is 0. The molecule has 0 amide bonds. The number of carbonyl (C=O) groups is 1. The normalized spacial score (nSPS) is 17.9. The van der Waals surface area contributed by atoms with Gasteiger partial charge in [0.1, 0.15) is 5.78 Å². The predicted molar refractivity (Wildman–Crippen MR) is 72.3 cm³/mol. The van der Waals surface area contributed by atoms with E-state index in [-0.39, 0.29) is 0 Å². The van der Waals surface area contributed by atoms with Gasteiger partial charge in [-0.2, -0.15) is 0 Å². The SMILES string of the molecule is CN(C)CCCN(C)CC(=O)C1CCCCC1. The molecule has 1 fully saturated rings. The zero-order valence-corrected chi connectivity index (χ0v) is 11.7. The van der Waals surface area contributed by atoms with E-state index in [0.29, 0.717) is 18.2 Å². The Balaban J connectivity index is 2.15. The largest absolute Gasteiger partial charge is 0.309 e. The highest BCUT2D eigenvalue weighted by Gasteiger charge is 2.21. The molecule has 0 aliphatic heterocycles. The fourth-order valence-electron chi connectivity index (χ4n) is 2.56. The molecule has 100 valence electrons. The Labute approximate surface area is 106 Å². The third kappa shape index (κ3) is 6.18. The summed E-state index contributed by atoms with van der Waals surface area (Å²) >= 11 is 0. The number of Topliss-reactive ketones (excluding diaryl/α,β-unsaturated/α-hetero) is 1. The number of carbonyl (C=O) groups excluding carboxylic acids is 1. The molecule has 1 aliphatic carbocycles. The van der Waals surface area contributed by atoms with Gasteiger partial charge in [-0.05, 0) is 53.5 Å². The quantitative estimate of drug-likeness (QED) is 0.680. The maximum atomic E-state index is 12.1. The van der Waals surface area contributed by atoms with Crippen LogP contribution < -0.4 is 0 Å². The van der Waals surface area contributed by atoms with Gasteiger partial charge in [0.05, 0.1) is 6.54 Å². The standard InChI is InChI=1S/C14H28N2O/c1-15(2)10-7-11-16(3)12-14(17)13-8-5-4-6-9-13/h13H,4-12H2,1-3H3. The average molecular weight is 240 g/mol. The van der Waals surface area contributed by atoms with Crippen LogP contribution >= 0.6 is 0 Å². The van der Waals surface area contributed by atoms with Crippen molar-refractivity contribution in [2.24, 2.45) is 5.92 Å². The molecule has 1 saturated carbocycles. The Bertz CT molecular complexity index is 222. The van der Waals surface area contributed by atoms with Crippen molar-refractivity contribution in [3.8, 4) is 0 Å². The molecular formula is C14H28N2O. The molecule has 0 spiro atoms. The van der Waals surface area contributed by atoms with Crippen LogP contribution in [0.1, 0.15) is 38.5 Å². The number of likely N-dealkylation sites (N-methyl/N-ethyl adjacent to an activating group) is 1. The molecule has 1 rings (SSSR count). The summed E-state index contributed by atoms with van der Waals surface area (Å²) in [5.41, 5.74) is 0. The van der Waals surface area contributed by atoms with Crippen LogP contribution in [0.2, 0.25) is 0 Å². The first-order chi connectivity index (χ1) is 8.09. The third-order valence-corrected chi connectivity index (χ3v) is 3.63. The fourth-order valence-corrected chi connectivity index (χ4v) is 2.56. The first-order valence-electron chi connectivity index (χ1n) is 6.95. The fraction of sp³-hybridized carbons (Fsp3) is 0.929. The molecule has 0 radical (unpaired) electrons. The minimum absolute atomic E-state index is 0.361. The average Bonchev–Trinajstić information content (AvgIpc) is 2.29. The van der Waals surface area contributed by atoms with E-state index in [2.05, 4.69) is 30.9 Å². The van der Waals surface area contributed by atoms with E-state index in [1.165, 1.54) is 19.3 Å². The highest BCUT2D eigenvalue weighted by atomic mass is 16.1. The number of ketones is 1. The maximum absolute atomic E-state index is 12.1. The minimum atomic E-state index is 0.361. The van der Waals surface area contributed by atoms with Gasteiger partial charge in [0, 0.05) is 5.92 Å². The van der Waals surface area contributed by atoms with Crippen molar-refractivity contribution in [3.05, 3.63) is 0 Å². The van der Waals surface area contributed by atoms with Crippen LogP contribution in [0.3, 0.4) is 0 Å². The van der Waals surface area contributed by atoms with E-state index < -0.39 is 0 Å². The van der Waals surface area contributed by atoms with Gasteiger partial charge in [-0.25, -0.2) is 0 Å². The Morgan fingerprint density at radius 1 is 1.06 bits per heavy atom. The van der Waals surface area contributed by atoms with E-state index in [4.69, 9.17) is 0 Å². The van der Waals surface area contributed by atoms with Gasteiger partial charge in [0.15, 0.2) is 0 Å². The Morgan fingerprint density at radius 3 is 2.29 bits per heavy atom. The highest BCUT2D eigenvalue weighted by Crippen LogP contribution is 2.24. The lowest BCUT2D eigenvalue weighted by Crippen LogP contribution is -2.33. The lowest BCUT2D eigenvalue weighted by molar-refractivity contribution is -0.124. The summed E-state index contributed by atoms with van der Waals surface area (Å²) in [6.45, 7) is 2.77. The van der Waals surface area contributed by atoms with E-state index in [1.807, 2.05) is 0 Å². The number of hydrogen-bond acceptors (Lipinski definition) is 3. The topological polar surface area (TPSA) is 23.6 Å². The van der Waals surface area contributed by atoms with E-state index in [0.717, 1.165) is 32.4 Å². The maximum Gasteiger partial charge on any atom is 0.149 e. The highest BCUT2D eigenvalue weighted by molar-refractivity contribution is 5.82. The molecule has 3 heteroatoms. The molecule has 0 heterocycles. The summed E-state index contributed by atoms with van der Waals surface area (Å²) in [5, 5.41) is 0. The van der Waals surface area contributed by atoms with Gasteiger partial charge in [-0.15, -0.1) is 0 Å². The van der Waals surface area contributed by atoms with Gasteiger partial charge in [-0.1, -0.05) is 19.3 Å². The Kier molecular flexibility index (Phi) is 6.75. The van der Waals surface area contributed by atoms with Gasteiger partial charge >= 0.3 is 0 Å². The summed E-state index contributed by atoms with van der Waals surface area (Å²) in [4.78, 5) is 16.4. The van der Waals surface area contributed by atoms with Crippen LogP contribution in [0.5, 0.6) is 0 Å². The van der Waals surface area contributed by atoms with Crippen molar-refractivity contribution < 1.29 is 4.79 Å². The van der Waals surface area contributed by atoms with Crippen LogP contribution in [0, 0.1) is 5.92 Å². The van der Waals surface area contributed by atoms with Crippen molar-refractivity contribution in [1.82, 2.24) is 9.80 Å². The molecule has 17 heavy (non-hydrogen) atoms. The molecule has 0 unspecified atom stereocenters. The van der Waals surface area contributed by atoms with Gasteiger partial charge < -0.3 is 4.90 Å². The van der Waals surface area contributed by atoms with Crippen LogP contribution in [0.15, 0.2) is 0 Å². The van der Waals surface area contributed by atoms with Crippen molar-refractivity contribution in [3.63, 3.8) is 0 Å². The Morgan fingerprint density at radius 2 is 1.71 bits per heavy atom. The molecule has 0 atom stereocenters. The zero-order valence-electron chi connectivity index (χ0n) is 11.7. The molecule has 0 aromatic rings. The molecule has 0 N–H and O–H groups in total.